The van der Waals surface area contributed by atoms with Gasteiger partial charge in [0.1, 0.15) is 6.26 Å². The first kappa shape index (κ1) is 10.6. The van der Waals surface area contributed by atoms with Gasteiger partial charge < -0.3 is 14.8 Å². The van der Waals surface area contributed by atoms with E-state index in [1.54, 1.807) is 13.2 Å². The van der Waals surface area contributed by atoms with Gasteiger partial charge in [0.25, 0.3) is 0 Å². The van der Waals surface area contributed by atoms with Crippen LogP contribution in [0.1, 0.15) is 31.4 Å². The minimum Gasteiger partial charge on any atom is -0.449 e. The Morgan fingerprint density at radius 2 is 2.60 bits per heavy atom. The van der Waals surface area contributed by atoms with Crippen LogP contribution in [0.2, 0.25) is 0 Å². The third kappa shape index (κ3) is 3.04. The predicted molar refractivity (Wildman–Crippen MR) is 56.6 cm³/mol. The molecule has 2 N–H and O–H groups in total. The van der Waals surface area contributed by atoms with Gasteiger partial charge in [-0.1, -0.05) is 0 Å². The largest absolute Gasteiger partial charge is 0.449 e. The maximum Gasteiger partial charge on any atom is 0.195 e. The highest BCUT2D eigenvalue weighted by Gasteiger charge is 2.17. The molecule has 2 atom stereocenters. The van der Waals surface area contributed by atoms with Gasteiger partial charge in [0.05, 0.1) is 11.8 Å². The van der Waals surface area contributed by atoms with Crippen LogP contribution in [0.3, 0.4) is 0 Å². The summed E-state index contributed by atoms with van der Waals surface area (Å²) in [6.45, 7) is 2.86. The maximum absolute atomic E-state index is 9.21. The number of aromatic nitrogens is 1. The average molecular weight is 210 g/mol. The second kappa shape index (κ2) is 4.77. The van der Waals surface area contributed by atoms with Gasteiger partial charge in [0.2, 0.25) is 0 Å². The molecule has 0 radical (unpaired) electrons. The fourth-order valence-corrected chi connectivity index (χ4v) is 1.98. The summed E-state index contributed by atoms with van der Waals surface area (Å²) in [5, 5.41) is 12.6. The van der Waals surface area contributed by atoms with Gasteiger partial charge in [0.15, 0.2) is 5.89 Å². The second-order valence-corrected chi connectivity index (χ2v) is 4.28. The van der Waals surface area contributed by atoms with E-state index in [4.69, 9.17) is 4.42 Å². The van der Waals surface area contributed by atoms with E-state index >= 15 is 0 Å². The number of aliphatic hydroxyl groups excluding tert-OH is 1. The smallest absolute Gasteiger partial charge is 0.195 e. The SMILES string of the molecule is CC(O)Cc1coc(CC2CCCN2)n1. The summed E-state index contributed by atoms with van der Waals surface area (Å²) in [5.41, 5.74) is 0.845. The molecule has 2 heterocycles. The van der Waals surface area contributed by atoms with Crippen LogP contribution < -0.4 is 5.32 Å². The first-order valence-electron chi connectivity index (χ1n) is 5.59. The Morgan fingerprint density at radius 3 is 3.27 bits per heavy atom. The molecule has 1 aliphatic rings. The van der Waals surface area contributed by atoms with E-state index in [2.05, 4.69) is 10.3 Å². The first-order valence-corrected chi connectivity index (χ1v) is 5.59. The number of nitrogens with one attached hydrogen (secondary N) is 1. The molecular weight excluding hydrogens is 192 g/mol. The van der Waals surface area contributed by atoms with E-state index in [0.717, 1.165) is 24.6 Å². The molecule has 1 aromatic heterocycles. The van der Waals surface area contributed by atoms with Crippen LogP contribution in [0.4, 0.5) is 0 Å². The molecule has 1 fully saturated rings. The van der Waals surface area contributed by atoms with E-state index in [-0.39, 0.29) is 6.10 Å². The molecular formula is C11H18N2O2. The standard InChI is InChI=1S/C11H18N2O2/c1-8(14)5-10-7-15-11(13-10)6-9-3-2-4-12-9/h7-9,12,14H,2-6H2,1H3. The molecule has 4 heteroatoms. The minimum absolute atomic E-state index is 0.354. The van der Waals surface area contributed by atoms with Crippen molar-refractivity contribution in [1.29, 1.82) is 0 Å². The van der Waals surface area contributed by atoms with Gasteiger partial charge >= 0.3 is 0 Å². The van der Waals surface area contributed by atoms with Crippen LogP contribution in [-0.4, -0.2) is 28.8 Å². The van der Waals surface area contributed by atoms with Gasteiger partial charge in [-0.3, -0.25) is 0 Å². The van der Waals surface area contributed by atoms with Crippen LogP contribution in [0.15, 0.2) is 10.7 Å². The van der Waals surface area contributed by atoms with Crippen molar-refractivity contribution in [3.8, 4) is 0 Å². The van der Waals surface area contributed by atoms with Crippen molar-refractivity contribution in [3.05, 3.63) is 17.8 Å². The summed E-state index contributed by atoms with van der Waals surface area (Å²) in [7, 11) is 0. The zero-order valence-electron chi connectivity index (χ0n) is 9.07. The number of hydrogen-bond donors (Lipinski definition) is 2. The van der Waals surface area contributed by atoms with Crippen molar-refractivity contribution < 1.29 is 9.52 Å². The first-order chi connectivity index (χ1) is 7.24. The Bertz CT molecular complexity index is 303. The van der Waals surface area contributed by atoms with Gasteiger partial charge in [-0.15, -0.1) is 0 Å². The quantitative estimate of drug-likeness (QED) is 0.775. The van der Waals surface area contributed by atoms with Gasteiger partial charge in [-0.2, -0.15) is 0 Å². The Balaban J connectivity index is 1.88. The highest BCUT2D eigenvalue weighted by Crippen LogP contribution is 2.12. The third-order valence-corrected chi connectivity index (χ3v) is 2.69. The highest BCUT2D eigenvalue weighted by molar-refractivity contribution is 4.99. The molecule has 0 aliphatic carbocycles. The molecule has 0 spiro atoms. The topological polar surface area (TPSA) is 58.3 Å². The number of oxazole rings is 1. The average Bonchev–Trinajstić information content (AvgIpc) is 2.77. The fraction of sp³-hybridized carbons (Fsp3) is 0.727. The molecule has 1 aromatic rings. The summed E-state index contributed by atoms with van der Waals surface area (Å²) in [6.07, 6.45) is 5.17. The zero-order valence-corrected chi connectivity index (χ0v) is 9.07. The number of rotatable bonds is 4. The van der Waals surface area contributed by atoms with Crippen LogP contribution >= 0.6 is 0 Å². The van der Waals surface area contributed by atoms with Crippen molar-refractivity contribution in [2.45, 2.75) is 44.8 Å². The molecule has 0 amide bonds. The molecule has 0 aromatic carbocycles. The molecule has 15 heavy (non-hydrogen) atoms. The van der Waals surface area contributed by atoms with Crippen LogP contribution in [-0.2, 0) is 12.8 Å². The normalized spacial score (nSPS) is 23.2. The molecule has 4 nitrogen and oxygen atoms in total. The second-order valence-electron chi connectivity index (χ2n) is 4.28. The zero-order chi connectivity index (χ0) is 10.7. The summed E-state index contributed by atoms with van der Waals surface area (Å²) in [5.74, 6) is 0.782. The highest BCUT2D eigenvalue weighted by atomic mass is 16.3. The van der Waals surface area contributed by atoms with Crippen molar-refractivity contribution in [2.24, 2.45) is 0 Å². The summed E-state index contributed by atoms with van der Waals surface area (Å²) in [6, 6.07) is 0.517. The van der Waals surface area contributed by atoms with Crippen molar-refractivity contribution in [2.75, 3.05) is 6.54 Å². The maximum atomic E-state index is 9.21. The minimum atomic E-state index is -0.354. The number of nitrogens with zero attached hydrogens (tertiary/aromatic N) is 1. The number of hydrogen-bond acceptors (Lipinski definition) is 4. The molecule has 1 aliphatic heterocycles. The molecule has 2 rings (SSSR count). The van der Waals surface area contributed by atoms with E-state index in [1.807, 2.05) is 0 Å². The Kier molecular flexibility index (Phi) is 3.38. The predicted octanol–water partition coefficient (Wildman–Crippen LogP) is 0.892. The van der Waals surface area contributed by atoms with Gasteiger partial charge in [-0.05, 0) is 26.3 Å². The molecule has 0 saturated carbocycles. The van der Waals surface area contributed by atoms with Crippen molar-refractivity contribution in [3.63, 3.8) is 0 Å². The Morgan fingerprint density at radius 1 is 1.73 bits per heavy atom. The lowest BCUT2D eigenvalue weighted by Crippen LogP contribution is -2.23. The lowest BCUT2D eigenvalue weighted by Gasteiger charge is -2.05. The lowest BCUT2D eigenvalue weighted by molar-refractivity contribution is 0.194. The fourth-order valence-electron chi connectivity index (χ4n) is 1.98. The van der Waals surface area contributed by atoms with Crippen molar-refractivity contribution >= 4 is 0 Å². The molecule has 0 bridgehead atoms. The third-order valence-electron chi connectivity index (χ3n) is 2.69. The number of aliphatic hydroxyl groups is 1. The lowest BCUT2D eigenvalue weighted by atomic mass is 10.1. The Labute approximate surface area is 89.7 Å². The van der Waals surface area contributed by atoms with E-state index in [1.165, 1.54) is 12.8 Å². The summed E-state index contributed by atoms with van der Waals surface area (Å²) in [4.78, 5) is 4.35. The van der Waals surface area contributed by atoms with Crippen LogP contribution in [0.25, 0.3) is 0 Å². The van der Waals surface area contributed by atoms with Crippen LogP contribution in [0.5, 0.6) is 0 Å². The van der Waals surface area contributed by atoms with Crippen LogP contribution in [0, 0.1) is 0 Å². The van der Waals surface area contributed by atoms with Gasteiger partial charge in [0, 0.05) is 18.9 Å². The summed E-state index contributed by atoms with van der Waals surface area (Å²) >= 11 is 0. The van der Waals surface area contributed by atoms with Crippen molar-refractivity contribution in [1.82, 2.24) is 10.3 Å². The van der Waals surface area contributed by atoms with E-state index in [0.29, 0.717) is 12.5 Å². The molecule has 2 unspecified atom stereocenters. The molecule has 84 valence electrons. The summed E-state index contributed by atoms with van der Waals surface area (Å²) < 4.78 is 5.37. The monoisotopic (exact) mass is 210 g/mol. The Hall–Kier alpha value is -0.870. The van der Waals surface area contributed by atoms with E-state index in [9.17, 15) is 5.11 Å². The van der Waals surface area contributed by atoms with E-state index < -0.39 is 0 Å². The van der Waals surface area contributed by atoms with Gasteiger partial charge in [-0.25, -0.2) is 4.98 Å². The molecule has 1 saturated heterocycles.